The molecule has 0 radical (unpaired) electrons. The summed E-state index contributed by atoms with van der Waals surface area (Å²) in [5, 5.41) is 4.02. The SMILES string of the molecule is CC(NC(=O)C1CC(=O)N(Cc2ccccc2)C1)c1ccc(Cl)cc1Cl. The Hall–Kier alpha value is -2.04. The second-order valence-electron chi connectivity index (χ2n) is 6.56. The van der Waals surface area contributed by atoms with Crippen molar-refractivity contribution < 1.29 is 9.59 Å². The molecule has 6 heteroatoms. The Labute approximate surface area is 163 Å². The summed E-state index contributed by atoms with van der Waals surface area (Å²) in [7, 11) is 0. The topological polar surface area (TPSA) is 49.4 Å². The van der Waals surface area contributed by atoms with E-state index in [1.165, 1.54) is 0 Å². The second-order valence-corrected chi connectivity index (χ2v) is 7.40. The molecule has 2 aromatic rings. The maximum Gasteiger partial charge on any atom is 0.225 e. The fourth-order valence-corrected chi connectivity index (χ4v) is 3.74. The number of benzene rings is 2. The molecule has 1 heterocycles. The molecule has 1 fully saturated rings. The van der Waals surface area contributed by atoms with Crippen LogP contribution in [0.15, 0.2) is 48.5 Å². The maximum absolute atomic E-state index is 12.6. The van der Waals surface area contributed by atoms with Gasteiger partial charge in [0.05, 0.1) is 12.0 Å². The third-order valence-electron chi connectivity index (χ3n) is 4.59. The number of likely N-dealkylation sites (tertiary alicyclic amines) is 1. The summed E-state index contributed by atoms with van der Waals surface area (Å²) >= 11 is 12.1. The van der Waals surface area contributed by atoms with Gasteiger partial charge in [0.2, 0.25) is 11.8 Å². The predicted molar refractivity (Wildman–Crippen MR) is 103 cm³/mol. The fourth-order valence-electron chi connectivity index (χ4n) is 3.17. The number of rotatable bonds is 5. The van der Waals surface area contributed by atoms with E-state index < -0.39 is 0 Å². The number of amides is 2. The van der Waals surface area contributed by atoms with Gasteiger partial charge in [0, 0.05) is 29.6 Å². The van der Waals surface area contributed by atoms with Gasteiger partial charge >= 0.3 is 0 Å². The van der Waals surface area contributed by atoms with Crippen LogP contribution in [0.3, 0.4) is 0 Å². The van der Waals surface area contributed by atoms with Crippen molar-refractivity contribution in [2.75, 3.05) is 6.54 Å². The van der Waals surface area contributed by atoms with Gasteiger partial charge in [0.15, 0.2) is 0 Å². The standard InChI is InChI=1S/C20H20Cl2N2O2/c1-13(17-8-7-16(21)10-18(17)22)23-20(26)15-9-19(25)24(12-15)11-14-5-3-2-4-6-14/h2-8,10,13,15H,9,11-12H2,1H3,(H,23,26). The van der Waals surface area contributed by atoms with Gasteiger partial charge in [-0.05, 0) is 30.2 Å². The highest BCUT2D eigenvalue weighted by Crippen LogP contribution is 2.27. The molecular weight excluding hydrogens is 371 g/mol. The molecule has 2 aromatic carbocycles. The maximum atomic E-state index is 12.6. The van der Waals surface area contributed by atoms with Crippen molar-refractivity contribution in [1.82, 2.24) is 10.2 Å². The van der Waals surface area contributed by atoms with Gasteiger partial charge in [-0.25, -0.2) is 0 Å². The highest BCUT2D eigenvalue weighted by molar-refractivity contribution is 6.35. The van der Waals surface area contributed by atoms with Gasteiger partial charge in [0.1, 0.15) is 0 Å². The summed E-state index contributed by atoms with van der Waals surface area (Å²) in [5.41, 5.74) is 1.86. The van der Waals surface area contributed by atoms with Gasteiger partial charge in [-0.1, -0.05) is 59.6 Å². The summed E-state index contributed by atoms with van der Waals surface area (Å²) < 4.78 is 0. The summed E-state index contributed by atoms with van der Waals surface area (Å²) in [5.74, 6) is -0.474. The van der Waals surface area contributed by atoms with Crippen molar-refractivity contribution in [2.24, 2.45) is 5.92 Å². The molecule has 0 saturated carbocycles. The number of hydrogen-bond donors (Lipinski definition) is 1. The Bertz CT molecular complexity index is 811. The smallest absolute Gasteiger partial charge is 0.225 e. The first-order chi connectivity index (χ1) is 12.4. The molecule has 0 aromatic heterocycles. The van der Waals surface area contributed by atoms with Crippen LogP contribution in [0.25, 0.3) is 0 Å². The number of carbonyl (C=O) groups excluding carboxylic acids is 2. The molecule has 1 saturated heterocycles. The first-order valence-corrected chi connectivity index (χ1v) is 9.26. The second kappa shape index (κ2) is 8.11. The highest BCUT2D eigenvalue weighted by Gasteiger charge is 2.34. The van der Waals surface area contributed by atoms with Crippen LogP contribution in [0.1, 0.15) is 30.5 Å². The Morgan fingerprint density at radius 1 is 1.23 bits per heavy atom. The van der Waals surface area contributed by atoms with E-state index in [0.717, 1.165) is 11.1 Å². The van der Waals surface area contributed by atoms with Gasteiger partial charge in [0.25, 0.3) is 0 Å². The number of nitrogens with zero attached hydrogens (tertiary/aromatic N) is 1. The van der Waals surface area contributed by atoms with E-state index in [1.54, 1.807) is 23.1 Å². The van der Waals surface area contributed by atoms with E-state index in [0.29, 0.717) is 23.1 Å². The van der Waals surface area contributed by atoms with Crippen LogP contribution in [-0.2, 0) is 16.1 Å². The largest absolute Gasteiger partial charge is 0.349 e. The molecule has 2 amide bonds. The third-order valence-corrected chi connectivity index (χ3v) is 5.15. The number of nitrogens with one attached hydrogen (secondary N) is 1. The normalized spacial score (nSPS) is 18.0. The van der Waals surface area contributed by atoms with Crippen LogP contribution in [0.2, 0.25) is 10.0 Å². The van der Waals surface area contributed by atoms with E-state index in [2.05, 4.69) is 5.32 Å². The van der Waals surface area contributed by atoms with Crippen LogP contribution in [0, 0.1) is 5.92 Å². The summed E-state index contributed by atoms with van der Waals surface area (Å²) in [6.07, 6.45) is 0.236. The lowest BCUT2D eigenvalue weighted by atomic mass is 10.0. The van der Waals surface area contributed by atoms with E-state index in [1.807, 2.05) is 37.3 Å². The van der Waals surface area contributed by atoms with Gasteiger partial charge < -0.3 is 10.2 Å². The van der Waals surface area contributed by atoms with Crippen molar-refractivity contribution >= 4 is 35.0 Å². The molecular formula is C20H20Cl2N2O2. The molecule has 1 N–H and O–H groups in total. The van der Waals surface area contributed by atoms with Crippen molar-refractivity contribution in [2.45, 2.75) is 25.9 Å². The first-order valence-electron chi connectivity index (χ1n) is 8.51. The molecule has 3 rings (SSSR count). The Kier molecular flexibility index (Phi) is 5.84. The molecule has 1 aliphatic rings. The minimum Gasteiger partial charge on any atom is -0.349 e. The van der Waals surface area contributed by atoms with Gasteiger partial charge in [-0.15, -0.1) is 0 Å². The van der Waals surface area contributed by atoms with Crippen molar-refractivity contribution in [3.63, 3.8) is 0 Å². The molecule has 136 valence electrons. The van der Waals surface area contributed by atoms with Crippen LogP contribution < -0.4 is 5.32 Å². The zero-order chi connectivity index (χ0) is 18.7. The zero-order valence-electron chi connectivity index (χ0n) is 14.4. The Morgan fingerprint density at radius 2 is 1.96 bits per heavy atom. The highest BCUT2D eigenvalue weighted by atomic mass is 35.5. The molecule has 26 heavy (non-hydrogen) atoms. The minimum atomic E-state index is -0.347. The fraction of sp³-hybridized carbons (Fsp3) is 0.300. The Morgan fingerprint density at radius 3 is 2.65 bits per heavy atom. The van der Waals surface area contributed by atoms with Crippen LogP contribution >= 0.6 is 23.2 Å². The van der Waals surface area contributed by atoms with Crippen molar-refractivity contribution in [1.29, 1.82) is 0 Å². The van der Waals surface area contributed by atoms with Crippen molar-refractivity contribution in [3.05, 3.63) is 69.7 Å². The third kappa shape index (κ3) is 4.37. The lowest BCUT2D eigenvalue weighted by Crippen LogP contribution is -2.34. The monoisotopic (exact) mass is 390 g/mol. The molecule has 0 aliphatic carbocycles. The van der Waals surface area contributed by atoms with E-state index in [-0.39, 0.29) is 30.2 Å². The Balaban J connectivity index is 1.61. The molecule has 4 nitrogen and oxygen atoms in total. The lowest BCUT2D eigenvalue weighted by Gasteiger charge is -2.19. The zero-order valence-corrected chi connectivity index (χ0v) is 15.9. The van der Waals surface area contributed by atoms with Crippen LogP contribution in [0.5, 0.6) is 0 Å². The summed E-state index contributed by atoms with van der Waals surface area (Å²) in [6.45, 7) is 2.83. The molecule has 1 aliphatic heterocycles. The van der Waals surface area contributed by atoms with E-state index >= 15 is 0 Å². The number of halogens is 2. The van der Waals surface area contributed by atoms with Crippen LogP contribution in [0.4, 0.5) is 0 Å². The molecule has 0 bridgehead atoms. The van der Waals surface area contributed by atoms with Crippen molar-refractivity contribution in [3.8, 4) is 0 Å². The van der Waals surface area contributed by atoms with Crippen LogP contribution in [-0.4, -0.2) is 23.3 Å². The van der Waals surface area contributed by atoms with E-state index in [9.17, 15) is 9.59 Å². The minimum absolute atomic E-state index is 0.00572. The van der Waals surface area contributed by atoms with E-state index in [4.69, 9.17) is 23.2 Å². The predicted octanol–water partition coefficient (Wildman–Crippen LogP) is 4.22. The van der Waals surface area contributed by atoms with Gasteiger partial charge in [-0.3, -0.25) is 9.59 Å². The quantitative estimate of drug-likeness (QED) is 0.830. The average molecular weight is 391 g/mol. The number of hydrogen-bond acceptors (Lipinski definition) is 2. The summed E-state index contributed by atoms with van der Waals surface area (Å²) in [6, 6.07) is 14.7. The number of carbonyl (C=O) groups is 2. The molecule has 2 unspecified atom stereocenters. The molecule has 0 spiro atoms. The van der Waals surface area contributed by atoms with Gasteiger partial charge in [-0.2, -0.15) is 0 Å². The molecule has 2 atom stereocenters. The first kappa shape index (κ1) is 18.7. The average Bonchev–Trinajstić information content (AvgIpc) is 2.96. The summed E-state index contributed by atoms with van der Waals surface area (Å²) in [4.78, 5) is 26.6. The lowest BCUT2D eigenvalue weighted by molar-refractivity contribution is -0.129.